The highest BCUT2D eigenvalue weighted by molar-refractivity contribution is 5.84. The lowest BCUT2D eigenvalue weighted by molar-refractivity contribution is -0.121. The molecule has 0 aliphatic rings. The Labute approximate surface area is 143 Å². The van der Waals surface area contributed by atoms with Crippen LogP contribution in [0.3, 0.4) is 0 Å². The van der Waals surface area contributed by atoms with Crippen LogP contribution in [0.15, 0.2) is 39.0 Å². The molecular weight excluding hydrogens is 324 g/mol. The fourth-order valence-corrected chi connectivity index (χ4v) is 2.22. The van der Waals surface area contributed by atoms with E-state index in [1.165, 1.54) is 0 Å². The van der Waals surface area contributed by atoms with Gasteiger partial charge in [-0.3, -0.25) is 14.6 Å². The van der Waals surface area contributed by atoms with E-state index in [1.807, 2.05) is 19.9 Å². The van der Waals surface area contributed by atoms with Crippen LogP contribution >= 0.6 is 0 Å². The molecule has 1 aromatic carbocycles. The van der Waals surface area contributed by atoms with Crippen molar-refractivity contribution in [3.8, 4) is 11.6 Å². The van der Waals surface area contributed by atoms with Crippen molar-refractivity contribution in [3.05, 3.63) is 56.2 Å². The normalized spacial score (nSPS) is 11.0. The van der Waals surface area contributed by atoms with Crippen LogP contribution in [-0.2, 0) is 4.79 Å². The van der Waals surface area contributed by atoms with Crippen LogP contribution in [0.4, 0.5) is 0 Å². The number of aryl methyl sites for hydroxylation is 1. The van der Waals surface area contributed by atoms with E-state index in [2.05, 4.69) is 15.5 Å². The molecule has 0 unspecified atom stereocenters. The maximum Gasteiger partial charge on any atom is 0.335 e. The van der Waals surface area contributed by atoms with E-state index in [4.69, 9.17) is 0 Å². The smallest absolute Gasteiger partial charge is 0.335 e. The minimum atomic E-state index is -0.794. The van der Waals surface area contributed by atoms with Gasteiger partial charge in [0, 0.05) is 6.42 Å². The van der Waals surface area contributed by atoms with E-state index in [-0.39, 0.29) is 11.5 Å². The molecule has 0 atom stereocenters. The van der Waals surface area contributed by atoms with Gasteiger partial charge in [0.2, 0.25) is 11.8 Å². The highest BCUT2D eigenvalue weighted by Gasteiger charge is 2.14. The van der Waals surface area contributed by atoms with Gasteiger partial charge in [0.25, 0.3) is 5.56 Å². The summed E-state index contributed by atoms with van der Waals surface area (Å²) in [6.45, 7) is 3.80. The molecule has 0 bridgehead atoms. The van der Waals surface area contributed by atoms with Gasteiger partial charge in [-0.05, 0) is 31.0 Å². The van der Waals surface area contributed by atoms with Gasteiger partial charge in [-0.15, -0.1) is 0 Å². The summed E-state index contributed by atoms with van der Waals surface area (Å²) in [5, 5.41) is 14.0. The van der Waals surface area contributed by atoms with Crippen molar-refractivity contribution in [2.45, 2.75) is 33.1 Å². The third-order valence-electron chi connectivity index (χ3n) is 3.52. The second kappa shape index (κ2) is 8.09. The maximum atomic E-state index is 12.1. The number of H-pyrrole nitrogens is 1. The first-order valence-electron chi connectivity index (χ1n) is 7.91. The Balaban J connectivity index is 2.37. The van der Waals surface area contributed by atoms with Crippen LogP contribution < -0.4 is 16.7 Å². The second-order valence-corrected chi connectivity index (χ2v) is 5.57. The molecule has 0 spiro atoms. The van der Waals surface area contributed by atoms with Gasteiger partial charge in [-0.1, -0.05) is 25.5 Å². The molecule has 132 valence electrons. The molecule has 0 saturated carbocycles. The average molecular weight is 344 g/mol. The summed E-state index contributed by atoms with van der Waals surface area (Å²) in [5.74, 6) is -0.841. The number of nitrogens with zero attached hydrogens (tertiary/aromatic N) is 2. The first kappa shape index (κ1) is 18.2. The summed E-state index contributed by atoms with van der Waals surface area (Å²) in [5.41, 5.74) is 1.78. The van der Waals surface area contributed by atoms with Crippen molar-refractivity contribution in [3.63, 3.8) is 0 Å². The SMILES string of the molecule is CCCCC(=O)NN=Cc1c(O)n(-c2cccc(C)c2)c(=O)[nH]c1=O. The molecule has 0 radical (unpaired) electrons. The predicted octanol–water partition coefficient (Wildman–Crippen LogP) is 1.18. The Morgan fingerprint density at radius 1 is 1.40 bits per heavy atom. The quantitative estimate of drug-likeness (QED) is 0.539. The van der Waals surface area contributed by atoms with Crippen molar-refractivity contribution < 1.29 is 9.90 Å². The summed E-state index contributed by atoms with van der Waals surface area (Å²) in [6.07, 6.45) is 2.94. The first-order valence-corrected chi connectivity index (χ1v) is 7.91. The van der Waals surface area contributed by atoms with Crippen LogP contribution in [0.25, 0.3) is 5.69 Å². The number of unbranched alkanes of at least 4 members (excludes halogenated alkanes) is 1. The number of hydrogen-bond donors (Lipinski definition) is 3. The van der Waals surface area contributed by atoms with E-state index >= 15 is 0 Å². The number of carbonyl (C=O) groups is 1. The lowest BCUT2D eigenvalue weighted by Gasteiger charge is -2.10. The van der Waals surface area contributed by atoms with Crippen LogP contribution in [0.5, 0.6) is 5.88 Å². The van der Waals surface area contributed by atoms with Gasteiger partial charge < -0.3 is 5.11 Å². The Morgan fingerprint density at radius 3 is 2.84 bits per heavy atom. The van der Waals surface area contributed by atoms with E-state index in [0.29, 0.717) is 12.1 Å². The van der Waals surface area contributed by atoms with Crippen molar-refractivity contribution in [1.82, 2.24) is 15.0 Å². The third kappa shape index (κ3) is 4.43. The molecule has 8 heteroatoms. The third-order valence-corrected chi connectivity index (χ3v) is 3.52. The molecule has 0 saturated heterocycles. The molecule has 1 aromatic heterocycles. The Kier molecular flexibility index (Phi) is 5.89. The molecule has 8 nitrogen and oxygen atoms in total. The second-order valence-electron chi connectivity index (χ2n) is 5.57. The van der Waals surface area contributed by atoms with E-state index in [0.717, 1.165) is 29.2 Å². The van der Waals surface area contributed by atoms with Gasteiger partial charge in [-0.2, -0.15) is 5.10 Å². The van der Waals surface area contributed by atoms with Crippen LogP contribution in [0.2, 0.25) is 0 Å². The van der Waals surface area contributed by atoms with Gasteiger partial charge in [0.15, 0.2) is 0 Å². The molecule has 1 amide bonds. The molecule has 0 aliphatic carbocycles. The number of hydrazone groups is 1. The number of aromatic amines is 1. The van der Waals surface area contributed by atoms with Gasteiger partial charge >= 0.3 is 5.69 Å². The molecule has 3 N–H and O–H groups in total. The zero-order chi connectivity index (χ0) is 18.4. The number of hydrogen-bond acceptors (Lipinski definition) is 5. The minimum absolute atomic E-state index is 0.225. The van der Waals surface area contributed by atoms with Gasteiger partial charge in [-0.25, -0.2) is 14.8 Å². The monoisotopic (exact) mass is 344 g/mol. The first-order chi connectivity index (χ1) is 11.9. The fraction of sp³-hybridized carbons (Fsp3) is 0.294. The number of aromatic nitrogens is 2. The Hall–Kier alpha value is -3.16. The van der Waals surface area contributed by atoms with Crippen molar-refractivity contribution in [2.24, 2.45) is 5.10 Å². The lowest BCUT2D eigenvalue weighted by Crippen LogP contribution is -2.31. The summed E-state index contributed by atoms with van der Waals surface area (Å²) in [7, 11) is 0. The number of rotatable bonds is 6. The highest BCUT2D eigenvalue weighted by Crippen LogP contribution is 2.16. The lowest BCUT2D eigenvalue weighted by atomic mass is 10.2. The molecule has 2 aromatic rings. The minimum Gasteiger partial charge on any atom is -0.493 e. The summed E-state index contributed by atoms with van der Waals surface area (Å²) >= 11 is 0. The Bertz CT molecular complexity index is 912. The van der Waals surface area contributed by atoms with Gasteiger partial charge in [0.05, 0.1) is 11.9 Å². The molecule has 0 fully saturated rings. The number of amides is 1. The van der Waals surface area contributed by atoms with Crippen molar-refractivity contribution >= 4 is 12.1 Å². The largest absolute Gasteiger partial charge is 0.493 e. The molecule has 0 aliphatic heterocycles. The van der Waals surface area contributed by atoms with Crippen LogP contribution in [0, 0.1) is 6.92 Å². The zero-order valence-electron chi connectivity index (χ0n) is 14.1. The number of aromatic hydroxyl groups is 1. The van der Waals surface area contributed by atoms with Gasteiger partial charge in [0.1, 0.15) is 5.56 Å². The van der Waals surface area contributed by atoms with Crippen molar-refractivity contribution in [2.75, 3.05) is 0 Å². The van der Waals surface area contributed by atoms with E-state index in [1.54, 1.807) is 18.2 Å². The number of benzene rings is 1. The average Bonchev–Trinajstić information content (AvgIpc) is 2.55. The summed E-state index contributed by atoms with van der Waals surface area (Å²) < 4.78 is 0.967. The molecule has 1 heterocycles. The van der Waals surface area contributed by atoms with Crippen LogP contribution in [-0.4, -0.2) is 26.8 Å². The summed E-state index contributed by atoms with van der Waals surface area (Å²) in [4.78, 5) is 37.6. The highest BCUT2D eigenvalue weighted by atomic mass is 16.3. The standard InChI is InChI=1S/C17H20N4O4/c1-3-4-8-14(22)20-18-10-13-15(23)19-17(25)21(16(13)24)12-7-5-6-11(2)9-12/h5-7,9-10,24H,3-4,8H2,1-2H3,(H,20,22)(H,19,23,25). The predicted molar refractivity (Wildman–Crippen MR) is 94.3 cm³/mol. The Morgan fingerprint density at radius 2 is 2.16 bits per heavy atom. The zero-order valence-corrected chi connectivity index (χ0v) is 14.1. The molecular formula is C17H20N4O4. The number of carbonyl (C=O) groups excluding carboxylic acids is 1. The number of nitrogens with one attached hydrogen (secondary N) is 2. The maximum absolute atomic E-state index is 12.1. The van der Waals surface area contributed by atoms with E-state index in [9.17, 15) is 19.5 Å². The topological polar surface area (TPSA) is 117 Å². The molecule has 25 heavy (non-hydrogen) atoms. The fourth-order valence-electron chi connectivity index (χ4n) is 2.22. The summed E-state index contributed by atoms with van der Waals surface area (Å²) in [6, 6.07) is 6.88. The van der Waals surface area contributed by atoms with Crippen LogP contribution in [0.1, 0.15) is 37.3 Å². The molecule has 2 rings (SSSR count). The van der Waals surface area contributed by atoms with Crippen molar-refractivity contribution in [1.29, 1.82) is 0 Å². The van der Waals surface area contributed by atoms with E-state index < -0.39 is 17.1 Å².